The van der Waals surface area contributed by atoms with Crippen LogP contribution in [0.3, 0.4) is 0 Å². The summed E-state index contributed by atoms with van der Waals surface area (Å²) in [6.45, 7) is 1.93. The van der Waals surface area contributed by atoms with E-state index in [0.717, 1.165) is 12.8 Å². The number of anilines is 1. The largest absolute Gasteiger partial charge is 0.328 e. The van der Waals surface area contributed by atoms with E-state index in [2.05, 4.69) is 15.3 Å². The average Bonchev–Trinajstić information content (AvgIpc) is 2.18. The van der Waals surface area contributed by atoms with E-state index in [1.807, 2.05) is 6.92 Å². The van der Waals surface area contributed by atoms with Gasteiger partial charge in [0.05, 0.1) is 0 Å². The van der Waals surface area contributed by atoms with E-state index < -0.39 is 0 Å². The normalized spacial score (nSPS) is 12.1. The Balaban J connectivity index is 2.25. The van der Waals surface area contributed by atoms with Crippen molar-refractivity contribution in [2.24, 2.45) is 5.73 Å². The van der Waals surface area contributed by atoms with Gasteiger partial charge in [0.1, 0.15) is 0 Å². The predicted molar refractivity (Wildman–Crippen MR) is 58.2 cm³/mol. The fourth-order valence-corrected chi connectivity index (χ4v) is 1.14. The number of aromatic nitrogens is 2. The quantitative estimate of drug-likeness (QED) is 0.754. The van der Waals surface area contributed by atoms with Crippen molar-refractivity contribution in [3.05, 3.63) is 18.5 Å². The van der Waals surface area contributed by atoms with Gasteiger partial charge in [0.15, 0.2) is 0 Å². The maximum absolute atomic E-state index is 11.4. The van der Waals surface area contributed by atoms with Crippen LogP contribution in [0.25, 0.3) is 0 Å². The van der Waals surface area contributed by atoms with Crippen molar-refractivity contribution in [1.82, 2.24) is 9.97 Å². The Morgan fingerprint density at radius 1 is 1.53 bits per heavy atom. The van der Waals surface area contributed by atoms with Gasteiger partial charge < -0.3 is 5.73 Å². The summed E-state index contributed by atoms with van der Waals surface area (Å²) in [6, 6.07) is 1.84. The van der Waals surface area contributed by atoms with Crippen LogP contribution in [-0.4, -0.2) is 21.9 Å². The van der Waals surface area contributed by atoms with Crippen LogP contribution < -0.4 is 11.1 Å². The van der Waals surface area contributed by atoms with Gasteiger partial charge >= 0.3 is 0 Å². The Hall–Kier alpha value is -1.49. The van der Waals surface area contributed by atoms with Gasteiger partial charge in [-0.15, -0.1) is 0 Å². The SMILES string of the molecule is CC(N)CCCC(=O)Nc1ncccn1. The molecule has 1 rings (SSSR count). The molecule has 0 saturated carbocycles. The molecule has 1 heterocycles. The molecule has 1 unspecified atom stereocenters. The maximum atomic E-state index is 11.4. The zero-order chi connectivity index (χ0) is 11.1. The van der Waals surface area contributed by atoms with Crippen LogP contribution in [-0.2, 0) is 4.79 Å². The van der Waals surface area contributed by atoms with Crippen molar-refractivity contribution in [2.75, 3.05) is 5.32 Å². The summed E-state index contributed by atoms with van der Waals surface area (Å²) in [5, 5.41) is 2.61. The fraction of sp³-hybridized carbons (Fsp3) is 0.500. The molecular weight excluding hydrogens is 192 g/mol. The van der Waals surface area contributed by atoms with Gasteiger partial charge in [-0.1, -0.05) is 0 Å². The lowest BCUT2D eigenvalue weighted by molar-refractivity contribution is -0.116. The number of rotatable bonds is 5. The molecule has 1 atom stereocenters. The molecule has 0 aliphatic heterocycles. The Morgan fingerprint density at radius 3 is 2.80 bits per heavy atom. The van der Waals surface area contributed by atoms with E-state index in [-0.39, 0.29) is 11.9 Å². The van der Waals surface area contributed by atoms with Crippen LogP contribution in [0.1, 0.15) is 26.2 Å². The van der Waals surface area contributed by atoms with Gasteiger partial charge in [-0.3, -0.25) is 10.1 Å². The van der Waals surface area contributed by atoms with E-state index in [0.29, 0.717) is 12.4 Å². The summed E-state index contributed by atoms with van der Waals surface area (Å²) in [7, 11) is 0. The van der Waals surface area contributed by atoms with Gasteiger partial charge in [-0.25, -0.2) is 9.97 Å². The van der Waals surface area contributed by atoms with E-state index in [1.54, 1.807) is 18.5 Å². The van der Waals surface area contributed by atoms with Gasteiger partial charge in [0, 0.05) is 24.9 Å². The molecule has 5 heteroatoms. The zero-order valence-corrected chi connectivity index (χ0v) is 8.81. The number of carbonyl (C=O) groups excluding carboxylic acids is 1. The summed E-state index contributed by atoms with van der Waals surface area (Å²) >= 11 is 0. The lowest BCUT2D eigenvalue weighted by Gasteiger charge is -2.04. The van der Waals surface area contributed by atoms with Crippen molar-refractivity contribution in [1.29, 1.82) is 0 Å². The molecule has 1 amide bonds. The third-order valence-corrected chi connectivity index (χ3v) is 1.88. The highest BCUT2D eigenvalue weighted by molar-refractivity contribution is 5.88. The van der Waals surface area contributed by atoms with E-state index >= 15 is 0 Å². The number of nitrogens with two attached hydrogens (primary N) is 1. The summed E-state index contributed by atoms with van der Waals surface area (Å²) in [4.78, 5) is 19.2. The minimum atomic E-state index is -0.0677. The lowest BCUT2D eigenvalue weighted by atomic mass is 10.1. The monoisotopic (exact) mass is 208 g/mol. The Morgan fingerprint density at radius 2 is 2.20 bits per heavy atom. The summed E-state index contributed by atoms with van der Waals surface area (Å²) in [5.41, 5.74) is 5.57. The number of nitrogens with zero attached hydrogens (tertiary/aromatic N) is 2. The second-order valence-electron chi connectivity index (χ2n) is 3.49. The van der Waals surface area contributed by atoms with Crippen LogP contribution in [0, 0.1) is 0 Å². The van der Waals surface area contributed by atoms with Crippen molar-refractivity contribution >= 4 is 11.9 Å². The molecule has 0 aliphatic carbocycles. The van der Waals surface area contributed by atoms with Gasteiger partial charge in [0.2, 0.25) is 11.9 Å². The van der Waals surface area contributed by atoms with Crippen LogP contribution in [0.2, 0.25) is 0 Å². The smallest absolute Gasteiger partial charge is 0.229 e. The molecule has 1 aromatic heterocycles. The average molecular weight is 208 g/mol. The number of hydrogen-bond donors (Lipinski definition) is 2. The first-order chi connectivity index (χ1) is 7.18. The Labute approximate surface area is 89.1 Å². The molecule has 0 aliphatic rings. The van der Waals surface area contributed by atoms with Gasteiger partial charge in [-0.05, 0) is 25.8 Å². The molecule has 0 spiro atoms. The first-order valence-electron chi connectivity index (χ1n) is 5.01. The molecule has 0 radical (unpaired) electrons. The van der Waals surface area contributed by atoms with Crippen LogP contribution in [0.5, 0.6) is 0 Å². The second-order valence-corrected chi connectivity index (χ2v) is 3.49. The Bertz CT molecular complexity index is 300. The molecule has 0 fully saturated rings. The standard InChI is InChI=1S/C10H16N4O/c1-8(11)4-2-5-9(15)14-10-12-6-3-7-13-10/h3,6-8H,2,4-5,11H2,1H3,(H,12,13,14,15). The minimum Gasteiger partial charge on any atom is -0.328 e. The molecule has 0 bridgehead atoms. The topological polar surface area (TPSA) is 80.9 Å². The third-order valence-electron chi connectivity index (χ3n) is 1.88. The van der Waals surface area contributed by atoms with E-state index in [9.17, 15) is 4.79 Å². The van der Waals surface area contributed by atoms with Gasteiger partial charge in [0.25, 0.3) is 0 Å². The highest BCUT2D eigenvalue weighted by Crippen LogP contribution is 2.01. The molecule has 0 saturated heterocycles. The number of hydrogen-bond acceptors (Lipinski definition) is 4. The molecule has 82 valence electrons. The summed E-state index contributed by atoms with van der Waals surface area (Å²) in [6.07, 6.45) is 5.27. The van der Waals surface area contributed by atoms with Crippen molar-refractivity contribution < 1.29 is 4.79 Å². The lowest BCUT2D eigenvalue weighted by Crippen LogP contribution is -2.17. The molecule has 3 N–H and O–H groups in total. The highest BCUT2D eigenvalue weighted by atomic mass is 16.1. The highest BCUT2D eigenvalue weighted by Gasteiger charge is 2.04. The molecule has 0 aromatic carbocycles. The van der Waals surface area contributed by atoms with Crippen molar-refractivity contribution in [3.63, 3.8) is 0 Å². The molecular formula is C10H16N4O. The second kappa shape index (κ2) is 6.08. The first-order valence-corrected chi connectivity index (χ1v) is 5.01. The predicted octanol–water partition coefficient (Wildman–Crippen LogP) is 0.933. The van der Waals surface area contributed by atoms with Crippen LogP contribution in [0.15, 0.2) is 18.5 Å². The molecule has 5 nitrogen and oxygen atoms in total. The maximum Gasteiger partial charge on any atom is 0.229 e. The van der Waals surface area contributed by atoms with Crippen molar-refractivity contribution in [2.45, 2.75) is 32.2 Å². The number of carbonyl (C=O) groups is 1. The first kappa shape index (κ1) is 11.6. The Kier molecular flexibility index (Phi) is 4.70. The molecule has 1 aromatic rings. The zero-order valence-electron chi connectivity index (χ0n) is 8.81. The van der Waals surface area contributed by atoms with E-state index in [1.165, 1.54) is 0 Å². The minimum absolute atomic E-state index is 0.0677. The summed E-state index contributed by atoms with van der Waals surface area (Å²) in [5.74, 6) is 0.283. The van der Waals surface area contributed by atoms with Crippen LogP contribution >= 0.6 is 0 Å². The molecule has 15 heavy (non-hydrogen) atoms. The number of amides is 1. The third kappa shape index (κ3) is 5.07. The summed E-state index contributed by atoms with van der Waals surface area (Å²) < 4.78 is 0. The van der Waals surface area contributed by atoms with Crippen molar-refractivity contribution in [3.8, 4) is 0 Å². The fourth-order valence-electron chi connectivity index (χ4n) is 1.14. The number of nitrogens with one attached hydrogen (secondary N) is 1. The van der Waals surface area contributed by atoms with Crippen LogP contribution in [0.4, 0.5) is 5.95 Å². The van der Waals surface area contributed by atoms with Gasteiger partial charge in [-0.2, -0.15) is 0 Å². The van der Waals surface area contributed by atoms with E-state index in [4.69, 9.17) is 5.73 Å².